The van der Waals surface area contributed by atoms with E-state index in [2.05, 4.69) is 29.3 Å². The zero-order valence-corrected chi connectivity index (χ0v) is 22.0. The van der Waals surface area contributed by atoms with Gasteiger partial charge in [0.2, 0.25) is 0 Å². The molecular weight excluding hydrogens is 486 g/mol. The van der Waals surface area contributed by atoms with Crippen molar-refractivity contribution in [3.8, 4) is 16.3 Å². The van der Waals surface area contributed by atoms with Crippen molar-refractivity contribution in [3.05, 3.63) is 76.7 Å². The summed E-state index contributed by atoms with van der Waals surface area (Å²) in [6, 6.07) is 20.1. The molecule has 7 heteroatoms. The average Bonchev–Trinajstić information content (AvgIpc) is 3.48. The van der Waals surface area contributed by atoms with Crippen molar-refractivity contribution < 1.29 is 9.53 Å². The SMILES string of the molecule is CCOc1ccc2ccccc2c1C(=O)Nc1sc2c(c1-c1nc3ccccc3s1)CCN(CC)C2. The fraction of sp³-hybridized carbons (Fsp3) is 0.241. The summed E-state index contributed by atoms with van der Waals surface area (Å²) >= 11 is 3.38. The van der Waals surface area contributed by atoms with Gasteiger partial charge in [-0.25, -0.2) is 4.98 Å². The highest BCUT2D eigenvalue weighted by Gasteiger charge is 2.28. The predicted molar refractivity (Wildman–Crippen MR) is 151 cm³/mol. The van der Waals surface area contributed by atoms with Crippen LogP contribution in [0.25, 0.3) is 31.6 Å². The molecule has 0 saturated heterocycles. The number of ether oxygens (including phenoxy) is 1. The molecule has 36 heavy (non-hydrogen) atoms. The van der Waals surface area contributed by atoms with Gasteiger partial charge >= 0.3 is 0 Å². The van der Waals surface area contributed by atoms with E-state index < -0.39 is 0 Å². The van der Waals surface area contributed by atoms with Crippen molar-refractivity contribution in [3.63, 3.8) is 0 Å². The van der Waals surface area contributed by atoms with Gasteiger partial charge in [0, 0.05) is 23.5 Å². The van der Waals surface area contributed by atoms with E-state index in [9.17, 15) is 4.79 Å². The molecule has 0 saturated carbocycles. The fourth-order valence-electron chi connectivity index (χ4n) is 4.95. The first-order valence-corrected chi connectivity index (χ1v) is 14.0. The van der Waals surface area contributed by atoms with E-state index in [4.69, 9.17) is 9.72 Å². The maximum absolute atomic E-state index is 13.9. The largest absolute Gasteiger partial charge is 0.493 e. The van der Waals surface area contributed by atoms with Gasteiger partial charge in [0.05, 0.1) is 22.4 Å². The highest BCUT2D eigenvalue weighted by atomic mass is 32.1. The molecule has 1 aliphatic heterocycles. The second kappa shape index (κ2) is 9.65. The highest BCUT2D eigenvalue weighted by molar-refractivity contribution is 7.23. The Bertz CT molecular complexity index is 1550. The Kier molecular flexibility index (Phi) is 6.21. The second-order valence-corrected chi connectivity index (χ2v) is 11.0. The molecule has 0 bridgehead atoms. The number of fused-ring (bicyclic) bond motifs is 3. The van der Waals surface area contributed by atoms with Gasteiger partial charge in [0.1, 0.15) is 15.8 Å². The first-order valence-electron chi connectivity index (χ1n) is 12.3. The Morgan fingerprint density at radius 3 is 2.72 bits per heavy atom. The number of likely N-dealkylation sites (N-methyl/N-ethyl adjacent to an activating group) is 1. The molecule has 1 amide bonds. The van der Waals surface area contributed by atoms with Crippen LogP contribution in [0.2, 0.25) is 0 Å². The maximum atomic E-state index is 13.9. The minimum Gasteiger partial charge on any atom is -0.493 e. The lowest BCUT2D eigenvalue weighted by Crippen LogP contribution is -2.29. The second-order valence-electron chi connectivity index (χ2n) is 8.86. The number of carbonyl (C=O) groups excluding carboxylic acids is 1. The van der Waals surface area contributed by atoms with Crippen LogP contribution in [0.5, 0.6) is 5.75 Å². The minimum absolute atomic E-state index is 0.149. The number of nitrogens with zero attached hydrogens (tertiary/aromatic N) is 2. The molecule has 1 aliphatic rings. The first-order chi connectivity index (χ1) is 17.7. The van der Waals surface area contributed by atoms with Crippen molar-refractivity contribution in [2.45, 2.75) is 26.8 Å². The monoisotopic (exact) mass is 513 g/mol. The predicted octanol–water partition coefficient (Wildman–Crippen LogP) is 7.21. The molecule has 2 aromatic heterocycles. The van der Waals surface area contributed by atoms with Crippen LogP contribution in [0, 0.1) is 0 Å². The van der Waals surface area contributed by atoms with Crippen LogP contribution < -0.4 is 10.1 Å². The number of nitrogens with one attached hydrogen (secondary N) is 1. The van der Waals surface area contributed by atoms with E-state index in [1.54, 1.807) is 22.7 Å². The van der Waals surface area contributed by atoms with E-state index in [1.165, 1.54) is 10.4 Å². The Balaban J connectivity index is 1.47. The summed E-state index contributed by atoms with van der Waals surface area (Å²) in [5, 5.41) is 7.05. The first kappa shape index (κ1) is 23.2. The molecule has 0 unspecified atom stereocenters. The average molecular weight is 514 g/mol. The van der Waals surface area contributed by atoms with E-state index in [0.29, 0.717) is 17.9 Å². The number of amides is 1. The molecule has 0 radical (unpaired) electrons. The van der Waals surface area contributed by atoms with Gasteiger partial charge in [-0.2, -0.15) is 0 Å². The van der Waals surface area contributed by atoms with Gasteiger partial charge in [0.25, 0.3) is 5.91 Å². The fourth-order valence-corrected chi connectivity index (χ4v) is 7.34. The third-order valence-electron chi connectivity index (χ3n) is 6.74. The third kappa shape index (κ3) is 4.07. The van der Waals surface area contributed by atoms with Gasteiger partial charge in [-0.15, -0.1) is 22.7 Å². The molecule has 0 atom stereocenters. The van der Waals surface area contributed by atoms with E-state index in [0.717, 1.165) is 62.6 Å². The molecule has 0 aliphatic carbocycles. The number of carbonyl (C=O) groups is 1. The number of hydrogen-bond donors (Lipinski definition) is 1. The molecule has 0 fully saturated rings. The van der Waals surface area contributed by atoms with Crippen LogP contribution in [0.15, 0.2) is 60.7 Å². The molecule has 5 nitrogen and oxygen atoms in total. The molecule has 5 aromatic rings. The number of para-hydroxylation sites is 1. The number of hydrogen-bond acceptors (Lipinski definition) is 6. The van der Waals surface area contributed by atoms with Crippen molar-refractivity contribution in [2.24, 2.45) is 0 Å². The van der Waals surface area contributed by atoms with Crippen LogP contribution >= 0.6 is 22.7 Å². The Hall–Kier alpha value is -3.26. The standard InChI is InChI=1S/C29H27N3O2S2/c1-3-32-16-15-20-24(17-32)36-29(26(20)28-30-21-11-7-8-12-23(21)35-28)31-27(33)25-19-10-6-5-9-18(19)13-14-22(25)34-4-2/h5-14H,3-4,15-17H2,1-2H3,(H,31,33). The Labute approximate surface area is 218 Å². The molecule has 6 rings (SSSR count). The molecule has 1 N–H and O–H groups in total. The highest BCUT2D eigenvalue weighted by Crippen LogP contribution is 2.46. The van der Waals surface area contributed by atoms with Crippen molar-refractivity contribution in [1.29, 1.82) is 0 Å². The molecule has 0 spiro atoms. The van der Waals surface area contributed by atoms with Crippen LogP contribution in [-0.2, 0) is 13.0 Å². The number of benzene rings is 3. The van der Waals surface area contributed by atoms with Gasteiger partial charge in [-0.1, -0.05) is 49.4 Å². The van der Waals surface area contributed by atoms with E-state index in [-0.39, 0.29) is 5.91 Å². The van der Waals surface area contributed by atoms with Crippen LogP contribution in [0.4, 0.5) is 5.00 Å². The van der Waals surface area contributed by atoms with Gasteiger partial charge in [-0.3, -0.25) is 9.69 Å². The van der Waals surface area contributed by atoms with E-state index >= 15 is 0 Å². The number of anilines is 1. The summed E-state index contributed by atoms with van der Waals surface area (Å²) in [5.74, 6) is 0.456. The summed E-state index contributed by atoms with van der Waals surface area (Å²) < 4.78 is 7.05. The lowest BCUT2D eigenvalue weighted by molar-refractivity contribution is 0.102. The molecule has 182 valence electrons. The number of aromatic nitrogens is 1. The lowest BCUT2D eigenvalue weighted by atomic mass is 10.0. The van der Waals surface area contributed by atoms with Crippen molar-refractivity contribution >= 4 is 54.6 Å². The molecule has 3 aromatic carbocycles. The van der Waals surface area contributed by atoms with Crippen LogP contribution in [-0.4, -0.2) is 35.5 Å². The zero-order valence-electron chi connectivity index (χ0n) is 20.3. The smallest absolute Gasteiger partial charge is 0.260 e. The molecule has 3 heterocycles. The van der Waals surface area contributed by atoms with Crippen LogP contribution in [0.1, 0.15) is 34.6 Å². The topological polar surface area (TPSA) is 54.5 Å². The quantitative estimate of drug-likeness (QED) is 0.261. The normalized spacial score (nSPS) is 13.7. The molecular formula is C29H27N3O2S2. The van der Waals surface area contributed by atoms with Gasteiger partial charge < -0.3 is 10.1 Å². The van der Waals surface area contributed by atoms with Crippen molar-refractivity contribution in [2.75, 3.05) is 25.0 Å². The van der Waals surface area contributed by atoms with Gasteiger partial charge in [-0.05, 0) is 54.4 Å². The van der Waals surface area contributed by atoms with Gasteiger partial charge in [0.15, 0.2) is 0 Å². The number of thiazole rings is 1. The Morgan fingerprint density at radius 2 is 1.89 bits per heavy atom. The summed E-state index contributed by atoms with van der Waals surface area (Å²) in [6.07, 6.45) is 0.958. The maximum Gasteiger partial charge on any atom is 0.260 e. The summed E-state index contributed by atoms with van der Waals surface area (Å²) in [7, 11) is 0. The minimum atomic E-state index is -0.149. The zero-order chi connectivity index (χ0) is 24.6. The summed E-state index contributed by atoms with van der Waals surface area (Å²) in [4.78, 5) is 22.6. The third-order valence-corrected chi connectivity index (χ3v) is 8.92. The lowest BCUT2D eigenvalue weighted by Gasteiger charge is -2.25. The van der Waals surface area contributed by atoms with Crippen LogP contribution in [0.3, 0.4) is 0 Å². The number of rotatable bonds is 6. The summed E-state index contributed by atoms with van der Waals surface area (Å²) in [5.41, 5.74) is 3.97. The van der Waals surface area contributed by atoms with Crippen molar-refractivity contribution in [1.82, 2.24) is 9.88 Å². The van der Waals surface area contributed by atoms with E-state index in [1.807, 2.05) is 55.5 Å². The summed E-state index contributed by atoms with van der Waals surface area (Å²) in [6.45, 7) is 7.57. The Morgan fingerprint density at radius 1 is 1.06 bits per heavy atom. The number of thiophene rings is 1.